The highest BCUT2D eigenvalue weighted by Crippen LogP contribution is 2.38. The van der Waals surface area contributed by atoms with Gasteiger partial charge < -0.3 is 29.4 Å². The Labute approximate surface area is 198 Å². The third-order valence-corrected chi connectivity index (χ3v) is 6.06. The molecule has 2 N–H and O–H groups in total. The largest absolute Gasteiger partial charge is 0.497 e. The van der Waals surface area contributed by atoms with E-state index >= 15 is 0 Å². The van der Waals surface area contributed by atoms with Crippen LogP contribution in [0.4, 0.5) is 4.79 Å². The third-order valence-electron chi connectivity index (χ3n) is 6.06. The molecule has 2 amide bonds. The lowest BCUT2D eigenvalue weighted by atomic mass is 9.95. The Morgan fingerprint density at radius 3 is 2.41 bits per heavy atom. The second-order valence-electron chi connectivity index (χ2n) is 8.38. The van der Waals surface area contributed by atoms with E-state index in [0.717, 1.165) is 24.2 Å². The van der Waals surface area contributed by atoms with E-state index in [4.69, 9.17) is 14.2 Å². The van der Waals surface area contributed by atoms with E-state index in [1.54, 1.807) is 38.3 Å². The Kier molecular flexibility index (Phi) is 6.63. The van der Waals surface area contributed by atoms with Crippen molar-refractivity contribution in [3.8, 4) is 5.75 Å². The number of aromatic nitrogens is 1. The standard InChI is InChI=1S/C25H29N3O6/c1-5-33-24(30)21-20(26-25(31)27-22(21)16-6-10-18(32-4)11-7-16)13-34-23(29)19-12-14(2)28(15(19)3)17-8-9-17/h6-7,10-12,17,22H,5,8-9,13H2,1-4H3,(H2,26,27,31). The lowest BCUT2D eigenvalue weighted by Gasteiger charge is -2.29. The highest BCUT2D eigenvalue weighted by Gasteiger charge is 2.35. The summed E-state index contributed by atoms with van der Waals surface area (Å²) in [6.45, 7) is 5.45. The summed E-state index contributed by atoms with van der Waals surface area (Å²) in [4.78, 5) is 38.2. The van der Waals surface area contributed by atoms with Gasteiger partial charge in [0.05, 0.1) is 36.6 Å². The minimum atomic E-state index is -0.771. The van der Waals surface area contributed by atoms with Crippen molar-refractivity contribution >= 4 is 18.0 Å². The molecule has 0 spiro atoms. The van der Waals surface area contributed by atoms with Crippen LogP contribution in [0.3, 0.4) is 0 Å². The number of esters is 2. The Bertz CT molecular complexity index is 1140. The van der Waals surface area contributed by atoms with Gasteiger partial charge >= 0.3 is 18.0 Å². The summed E-state index contributed by atoms with van der Waals surface area (Å²) in [5.74, 6) is -0.470. The molecule has 2 aromatic rings. The van der Waals surface area contributed by atoms with Gasteiger partial charge in [0, 0.05) is 17.4 Å². The van der Waals surface area contributed by atoms with Gasteiger partial charge in [-0.25, -0.2) is 14.4 Å². The minimum absolute atomic E-state index is 0.159. The van der Waals surface area contributed by atoms with E-state index < -0.39 is 24.0 Å². The molecular formula is C25H29N3O6. The SMILES string of the molecule is CCOC(=O)C1=C(COC(=O)c2cc(C)n(C3CC3)c2C)NC(=O)NC1c1ccc(OC)cc1. The van der Waals surface area contributed by atoms with Crippen LogP contribution >= 0.6 is 0 Å². The van der Waals surface area contributed by atoms with Crippen molar-refractivity contribution in [3.05, 3.63) is 64.1 Å². The number of hydrogen-bond acceptors (Lipinski definition) is 6. The number of amides is 2. The van der Waals surface area contributed by atoms with Crippen LogP contribution < -0.4 is 15.4 Å². The van der Waals surface area contributed by atoms with Crippen LogP contribution in [0.15, 0.2) is 41.6 Å². The van der Waals surface area contributed by atoms with Gasteiger partial charge in [0.2, 0.25) is 0 Å². The van der Waals surface area contributed by atoms with Crippen molar-refractivity contribution < 1.29 is 28.6 Å². The predicted molar refractivity (Wildman–Crippen MR) is 124 cm³/mol. The van der Waals surface area contributed by atoms with Crippen molar-refractivity contribution in [1.82, 2.24) is 15.2 Å². The molecular weight excluding hydrogens is 438 g/mol. The topological polar surface area (TPSA) is 108 Å². The van der Waals surface area contributed by atoms with Crippen LogP contribution in [0.2, 0.25) is 0 Å². The van der Waals surface area contributed by atoms with E-state index in [9.17, 15) is 14.4 Å². The Hall–Kier alpha value is -3.75. The molecule has 34 heavy (non-hydrogen) atoms. The average Bonchev–Trinajstić information content (AvgIpc) is 3.61. The molecule has 1 aliphatic heterocycles. The van der Waals surface area contributed by atoms with Gasteiger partial charge in [-0.05, 0) is 57.4 Å². The van der Waals surface area contributed by atoms with Gasteiger partial charge in [-0.15, -0.1) is 0 Å². The van der Waals surface area contributed by atoms with Crippen LogP contribution in [-0.2, 0) is 14.3 Å². The van der Waals surface area contributed by atoms with Crippen molar-refractivity contribution in [3.63, 3.8) is 0 Å². The van der Waals surface area contributed by atoms with Gasteiger partial charge in [-0.1, -0.05) is 12.1 Å². The summed E-state index contributed by atoms with van der Waals surface area (Å²) < 4.78 is 18.2. The molecule has 4 rings (SSSR count). The molecule has 0 bridgehead atoms. The predicted octanol–water partition coefficient (Wildman–Crippen LogP) is 3.48. The van der Waals surface area contributed by atoms with Gasteiger partial charge in [-0.2, -0.15) is 0 Å². The van der Waals surface area contributed by atoms with Crippen molar-refractivity contribution in [2.24, 2.45) is 0 Å². The molecule has 9 heteroatoms. The smallest absolute Gasteiger partial charge is 0.340 e. The number of hydrogen-bond donors (Lipinski definition) is 2. The molecule has 1 aromatic carbocycles. The molecule has 180 valence electrons. The fourth-order valence-corrected chi connectivity index (χ4v) is 4.32. The molecule has 0 radical (unpaired) electrons. The molecule has 1 saturated carbocycles. The van der Waals surface area contributed by atoms with Crippen molar-refractivity contribution in [2.75, 3.05) is 20.3 Å². The first-order valence-corrected chi connectivity index (χ1v) is 11.3. The summed E-state index contributed by atoms with van der Waals surface area (Å²) in [6, 6.07) is 7.96. The summed E-state index contributed by atoms with van der Waals surface area (Å²) in [6.07, 6.45) is 2.21. The average molecular weight is 468 g/mol. The number of nitrogens with zero attached hydrogens (tertiary/aromatic N) is 1. The first kappa shape index (κ1) is 23.4. The molecule has 1 fully saturated rings. The van der Waals surface area contributed by atoms with E-state index in [2.05, 4.69) is 15.2 Å². The highest BCUT2D eigenvalue weighted by atomic mass is 16.5. The number of urea groups is 1. The molecule has 9 nitrogen and oxygen atoms in total. The number of methoxy groups -OCH3 is 1. The Morgan fingerprint density at radius 2 is 1.79 bits per heavy atom. The lowest BCUT2D eigenvalue weighted by molar-refractivity contribution is -0.139. The fraction of sp³-hybridized carbons (Fsp3) is 0.400. The number of rotatable bonds is 8. The quantitative estimate of drug-likeness (QED) is 0.576. The zero-order valence-corrected chi connectivity index (χ0v) is 19.8. The normalized spacial score (nSPS) is 17.6. The van der Waals surface area contributed by atoms with Gasteiger partial charge in [0.25, 0.3) is 0 Å². The third kappa shape index (κ3) is 4.64. The summed E-state index contributed by atoms with van der Waals surface area (Å²) in [7, 11) is 1.56. The molecule has 2 aliphatic rings. The maximum absolute atomic E-state index is 12.9. The van der Waals surface area contributed by atoms with Crippen molar-refractivity contribution in [1.29, 1.82) is 0 Å². The van der Waals surface area contributed by atoms with Crippen LogP contribution in [0.25, 0.3) is 0 Å². The Balaban J connectivity index is 1.62. The number of carbonyl (C=O) groups excluding carboxylic acids is 3. The second-order valence-corrected chi connectivity index (χ2v) is 8.38. The maximum atomic E-state index is 12.9. The lowest BCUT2D eigenvalue weighted by Crippen LogP contribution is -2.47. The summed E-state index contributed by atoms with van der Waals surface area (Å²) in [5.41, 5.74) is 3.38. The minimum Gasteiger partial charge on any atom is -0.497 e. The molecule has 1 aromatic heterocycles. The zero-order valence-electron chi connectivity index (χ0n) is 19.8. The molecule has 1 aliphatic carbocycles. The first-order valence-electron chi connectivity index (χ1n) is 11.3. The molecule has 1 atom stereocenters. The first-order chi connectivity index (χ1) is 16.3. The number of carbonyl (C=O) groups is 3. The summed E-state index contributed by atoms with van der Waals surface area (Å²) in [5, 5.41) is 5.37. The molecule has 2 heterocycles. The zero-order chi connectivity index (χ0) is 24.4. The van der Waals surface area contributed by atoms with E-state index in [1.807, 2.05) is 19.9 Å². The highest BCUT2D eigenvalue weighted by molar-refractivity contribution is 5.96. The van der Waals surface area contributed by atoms with E-state index in [-0.39, 0.29) is 24.5 Å². The maximum Gasteiger partial charge on any atom is 0.340 e. The van der Waals surface area contributed by atoms with Gasteiger partial charge in [0.1, 0.15) is 12.4 Å². The van der Waals surface area contributed by atoms with Crippen molar-refractivity contribution in [2.45, 2.75) is 45.7 Å². The monoisotopic (exact) mass is 467 g/mol. The van der Waals surface area contributed by atoms with Crippen LogP contribution in [0.1, 0.15) is 59.2 Å². The second kappa shape index (κ2) is 9.62. The van der Waals surface area contributed by atoms with E-state index in [1.165, 1.54) is 0 Å². The van der Waals surface area contributed by atoms with Gasteiger partial charge in [-0.3, -0.25) is 0 Å². The van der Waals surface area contributed by atoms with Crippen LogP contribution in [-0.4, -0.2) is 42.9 Å². The number of benzene rings is 1. The number of nitrogens with one attached hydrogen (secondary N) is 2. The van der Waals surface area contributed by atoms with Crippen LogP contribution in [0.5, 0.6) is 5.75 Å². The number of aryl methyl sites for hydroxylation is 1. The Morgan fingerprint density at radius 1 is 1.09 bits per heavy atom. The molecule has 1 unspecified atom stereocenters. The van der Waals surface area contributed by atoms with Gasteiger partial charge in [0.15, 0.2) is 0 Å². The summed E-state index contributed by atoms with van der Waals surface area (Å²) >= 11 is 0. The van der Waals surface area contributed by atoms with Crippen LogP contribution in [0, 0.1) is 13.8 Å². The fourth-order valence-electron chi connectivity index (χ4n) is 4.32. The van der Waals surface area contributed by atoms with E-state index in [0.29, 0.717) is 22.9 Å². The molecule has 0 saturated heterocycles. The number of ether oxygens (including phenoxy) is 3.